The maximum atomic E-state index is 14.2. The summed E-state index contributed by atoms with van der Waals surface area (Å²) in [7, 11) is 1.57. The molecule has 3 atom stereocenters. The van der Waals surface area contributed by atoms with Crippen molar-refractivity contribution < 1.29 is 28.2 Å². The average molecular weight is 520 g/mol. The van der Waals surface area contributed by atoms with Crippen molar-refractivity contribution in [1.82, 2.24) is 0 Å². The van der Waals surface area contributed by atoms with E-state index in [4.69, 9.17) is 9.47 Å². The van der Waals surface area contributed by atoms with E-state index < -0.39 is 29.5 Å². The molecule has 0 saturated carbocycles. The predicted molar refractivity (Wildman–Crippen MR) is 138 cm³/mol. The third-order valence-corrected chi connectivity index (χ3v) is 7.98. The number of carbonyl (C=O) groups is 3. The first-order chi connectivity index (χ1) is 17.9. The van der Waals surface area contributed by atoms with Crippen LogP contribution in [-0.4, -0.2) is 31.4 Å². The van der Waals surface area contributed by atoms with Crippen molar-refractivity contribution in [1.29, 1.82) is 0 Å². The fourth-order valence-electron chi connectivity index (χ4n) is 5.31. The summed E-state index contributed by atoms with van der Waals surface area (Å²) in [5.74, 6) is -2.87. The van der Waals surface area contributed by atoms with Gasteiger partial charge in [-0.3, -0.25) is 19.3 Å². The fraction of sp³-hybridized carbons (Fsp3) is 0.276. The summed E-state index contributed by atoms with van der Waals surface area (Å²) in [5.41, 5.74) is 2.25. The molecule has 0 N–H and O–H groups in total. The van der Waals surface area contributed by atoms with Gasteiger partial charge in [-0.2, -0.15) is 0 Å². The van der Waals surface area contributed by atoms with Crippen LogP contribution in [0.15, 0.2) is 77.3 Å². The van der Waals surface area contributed by atoms with Crippen LogP contribution < -0.4 is 9.64 Å². The Hall–Kier alpha value is -3.78. The minimum atomic E-state index is -1.01. The molecule has 0 spiro atoms. The van der Waals surface area contributed by atoms with E-state index in [1.165, 1.54) is 40.5 Å². The summed E-state index contributed by atoms with van der Waals surface area (Å²) < 4.78 is 24.4. The maximum absolute atomic E-state index is 14.2. The highest BCUT2D eigenvalue weighted by molar-refractivity contribution is 7.10. The van der Waals surface area contributed by atoms with E-state index in [9.17, 15) is 18.8 Å². The number of esters is 1. The molecule has 6 nitrogen and oxygen atoms in total. The molecule has 0 radical (unpaired) electrons. The largest absolute Gasteiger partial charge is 0.497 e. The SMILES string of the molecule is CCOC(=O)[C@@H]1C(=O)C2=C(C[C@H]1c1cccs1)N(c1ccc(F)cc1)C(=O)C[C@H]2c1ccc(OC)cc1. The number of ether oxygens (including phenoxy) is 2. The minimum Gasteiger partial charge on any atom is -0.497 e. The molecule has 1 aromatic heterocycles. The molecule has 0 fully saturated rings. The molecule has 1 amide bonds. The molecule has 1 aliphatic heterocycles. The van der Waals surface area contributed by atoms with Gasteiger partial charge in [-0.1, -0.05) is 18.2 Å². The Morgan fingerprint density at radius 2 is 1.78 bits per heavy atom. The number of methoxy groups -OCH3 is 1. The second-order valence-electron chi connectivity index (χ2n) is 9.02. The van der Waals surface area contributed by atoms with Crippen molar-refractivity contribution in [3.05, 3.63) is 93.6 Å². The number of ketones is 1. The van der Waals surface area contributed by atoms with Crippen LogP contribution in [0.25, 0.3) is 0 Å². The highest BCUT2D eigenvalue weighted by Crippen LogP contribution is 2.50. The second kappa shape index (κ2) is 10.3. The maximum Gasteiger partial charge on any atom is 0.317 e. The monoisotopic (exact) mass is 519 g/mol. The summed E-state index contributed by atoms with van der Waals surface area (Å²) in [6.45, 7) is 1.87. The zero-order chi connectivity index (χ0) is 26.1. The van der Waals surface area contributed by atoms with Crippen LogP contribution in [0, 0.1) is 11.7 Å². The Bertz CT molecular complexity index is 1350. The molecule has 2 aliphatic rings. The van der Waals surface area contributed by atoms with Crippen LogP contribution in [0.4, 0.5) is 10.1 Å². The van der Waals surface area contributed by atoms with E-state index in [1.54, 1.807) is 26.2 Å². The van der Waals surface area contributed by atoms with E-state index in [0.29, 0.717) is 29.1 Å². The summed E-state index contributed by atoms with van der Waals surface area (Å²) in [6, 6.07) is 16.7. The standard InChI is InChI=1S/C29H26FNO5S/c1-3-36-29(34)27-22(24-5-4-14-37-24)15-23-26(28(27)33)21(17-6-12-20(35-2)13-7-17)16-25(32)31(23)19-10-8-18(30)9-11-19/h4-14,21-22,27H,3,15-16H2,1-2H3/t21-,22-,27-/m0/s1. The van der Waals surface area contributed by atoms with E-state index >= 15 is 0 Å². The lowest BCUT2D eigenvalue weighted by Gasteiger charge is -2.42. The Kier molecular flexibility index (Phi) is 6.93. The molecule has 2 aromatic carbocycles. The highest BCUT2D eigenvalue weighted by atomic mass is 32.1. The Morgan fingerprint density at radius 3 is 2.41 bits per heavy atom. The average Bonchev–Trinajstić information content (AvgIpc) is 3.44. The number of benzene rings is 2. The van der Waals surface area contributed by atoms with Crippen molar-refractivity contribution in [3.63, 3.8) is 0 Å². The van der Waals surface area contributed by atoms with Crippen LogP contribution in [-0.2, 0) is 19.1 Å². The molecule has 5 rings (SSSR count). The van der Waals surface area contributed by atoms with Gasteiger partial charge in [-0.15, -0.1) is 11.3 Å². The van der Waals surface area contributed by atoms with Gasteiger partial charge in [-0.05, 0) is 66.8 Å². The summed E-state index contributed by atoms with van der Waals surface area (Å²) in [6.07, 6.45) is 0.328. The Labute approximate surface area is 218 Å². The number of hydrogen-bond donors (Lipinski definition) is 0. The van der Waals surface area contributed by atoms with Crippen LogP contribution in [0.3, 0.4) is 0 Å². The van der Waals surface area contributed by atoms with Gasteiger partial charge in [0.1, 0.15) is 17.5 Å². The van der Waals surface area contributed by atoms with E-state index in [-0.39, 0.29) is 24.7 Å². The first-order valence-electron chi connectivity index (χ1n) is 12.1. The summed E-state index contributed by atoms with van der Waals surface area (Å²) in [4.78, 5) is 43.4. The molecule has 190 valence electrons. The third-order valence-electron chi connectivity index (χ3n) is 6.97. The number of carbonyl (C=O) groups excluding carboxylic acids is 3. The Morgan fingerprint density at radius 1 is 1.05 bits per heavy atom. The first kappa shape index (κ1) is 24.9. The second-order valence-corrected chi connectivity index (χ2v) is 10.00. The summed E-state index contributed by atoms with van der Waals surface area (Å²) >= 11 is 1.46. The van der Waals surface area contributed by atoms with E-state index in [0.717, 1.165) is 10.4 Å². The van der Waals surface area contributed by atoms with Crippen molar-refractivity contribution >= 4 is 34.7 Å². The number of Topliss-reactive ketones (excluding diaryl/α,β-unsaturated/α-hetero) is 1. The zero-order valence-electron chi connectivity index (χ0n) is 20.5. The van der Waals surface area contributed by atoms with Crippen LogP contribution in [0.2, 0.25) is 0 Å². The molecule has 3 aromatic rings. The number of allylic oxidation sites excluding steroid dienone is 2. The van der Waals surface area contributed by atoms with Gasteiger partial charge in [0, 0.05) is 40.1 Å². The third kappa shape index (κ3) is 4.57. The van der Waals surface area contributed by atoms with Crippen LogP contribution in [0.1, 0.15) is 42.0 Å². The van der Waals surface area contributed by atoms with E-state index in [1.807, 2.05) is 29.6 Å². The van der Waals surface area contributed by atoms with Gasteiger partial charge in [0.05, 0.1) is 13.7 Å². The van der Waals surface area contributed by atoms with Gasteiger partial charge in [-0.25, -0.2) is 4.39 Å². The number of halogens is 1. The topological polar surface area (TPSA) is 72.9 Å². The lowest BCUT2D eigenvalue weighted by molar-refractivity contribution is -0.152. The van der Waals surface area contributed by atoms with Gasteiger partial charge >= 0.3 is 5.97 Å². The number of hydrogen-bond acceptors (Lipinski definition) is 6. The lowest BCUT2D eigenvalue weighted by atomic mass is 9.69. The normalized spacial score (nSPS) is 21.6. The van der Waals surface area contributed by atoms with Crippen molar-refractivity contribution in [3.8, 4) is 5.75 Å². The van der Waals surface area contributed by atoms with Gasteiger partial charge in [0.15, 0.2) is 5.78 Å². The molecular formula is C29H26FNO5S. The van der Waals surface area contributed by atoms with Crippen molar-refractivity contribution in [2.45, 2.75) is 31.6 Å². The van der Waals surface area contributed by atoms with Crippen molar-refractivity contribution in [2.75, 3.05) is 18.6 Å². The fourth-order valence-corrected chi connectivity index (χ4v) is 6.18. The molecular weight excluding hydrogens is 493 g/mol. The predicted octanol–water partition coefficient (Wildman–Crippen LogP) is 5.61. The van der Waals surface area contributed by atoms with E-state index in [2.05, 4.69) is 0 Å². The number of nitrogens with zero attached hydrogens (tertiary/aromatic N) is 1. The van der Waals surface area contributed by atoms with Gasteiger partial charge < -0.3 is 9.47 Å². The Balaban J connectivity index is 1.70. The number of anilines is 1. The first-order valence-corrected chi connectivity index (χ1v) is 13.0. The van der Waals surface area contributed by atoms with Crippen LogP contribution >= 0.6 is 11.3 Å². The molecule has 0 unspecified atom stereocenters. The molecule has 1 aliphatic carbocycles. The molecule has 8 heteroatoms. The van der Waals surface area contributed by atoms with Gasteiger partial charge in [0.25, 0.3) is 0 Å². The molecule has 2 heterocycles. The van der Waals surface area contributed by atoms with Gasteiger partial charge in [0.2, 0.25) is 5.91 Å². The lowest BCUT2D eigenvalue weighted by Crippen LogP contribution is -2.46. The quantitative estimate of drug-likeness (QED) is 0.313. The zero-order valence-corrected chi connectivity index (χ0v) is 21.3. The molecule has 37 heavy (non-hydrogen) atoms. The number of thiophene rings is 1. The number of rotatable bonds is 6. The molecule has 0 saturated heterocycles. The number of amides is 1. The highest BCUT2D eigenvalue weighted by Gasteiger charge is 2.50. The molecule has 0 bridgehead atoms. The minimum absolute atomic E-state index is 0.0352. The summed E-state index contributed by atoms with van der Waals surface area (Å²) in [5, 5.41) is 1.90. The van der Waals surface area contributed by atoms with Crippen molar-refractivity contribution in [2.24, 2.45) is 5.92 Å². The van der Waals surface area contributed by atoms with Crippen LogP contribution in [0.5, 0.6) is 5.75 Å². The smallest absolute Gasteiger partial charge is 0.317 e.